The van der Waals surface area contributed by atoms with Crippen molar-refractivity contribution in [2.45, 2.75) is 35.9 Å². The summed E-state index contributed by atoms with van der Waals surface area (Å²) in [6.07, 6.45) is 3.69. The molecule has 7 nitrogen and oxygen atoms in total. The van der Waals surface area contributed by atoms with Crippen LogP contribution in [-0.2, 0) is 16.1 Å². The third-order valence-corrected chi connectivity index (χ3v) is 4.94. The largest absolute Gasteiger partial charge is 0.479 e. The molecular weight excluding hydrogens is 318 g/mol. The molecule has 0 radical (unpaired) electrons. The van der Waals surface area contributed by atoms with E-state index in [1.165, 1.54) is 17.8 Å². The Morgan fingerprint density at radius 1 is 1.52 bits per heavy atom. The van der Waals surface area contributed by atoms with Gasteiger partial charge in [0.2, 0.25) is 5.91 Å². The lowest BCUT2D eigenvalue weighted by atomic mass is 9.89. The first-order valence-corrected chi connectivity index (χ1v) is 8.26. The summed E-state index contributed by atoms with van der Waals surface area (Å²) in [5.41, 5.74) is -0.969. The van der Waals surface area contributed by atoms with Gasteiger partial charge in [-0.25, -0.2) is 9.78 Å². The number of aliphatic carboxylic acids is 1. The SMILES string of the molecule is O=C1CSc2ccc(CN[C@@H]3C=C[C@@](O)(C(=O)O)CC3)nc2N1. The van der Waals surface area contributed by atoms with E-state index in [1.807, 2.05) is 12.1 Å². The quantitative estimate of drug-likeness (QED) is 0.601. The van der Waals surface area contributed by atoms with Crippen LogP contribution in [0, 0.1) is 0 Å². The van der Waals surface area contributed by atoms with Crippen LogP contribution < -0.4 is 10.6 Å². The van der Waals surface area contributed by atoms with Gasteiger partial charge in [-0.1, -0.05) is 6.08 Å². The van der Waals surface area contributed by atoms with E-state index in [9.17, 15) is 14.7 Å². The number of hydrogen-bond acceptors (Lipinski definition) is 6. The maximum atomic E-state index is 11.4. The average Bonchev–Trinajstić information content (AvgIpc) is 2.54. The summed E-state index contributed by atoms with van der Waals surface area (Å²) in [5.74, 6) is -0.281. The van der Waals surface area contributed by atoms with Crippen molar-refractivity contribution in [1.82, 2.24) is 10.3 Å². The second kappa shape index (κ2) is 6.31. The summed E-state index contributed by atoms with van der Waals surface area (Å²) < 4.78 is 0. The Kier molecular flexibility index (Phi) is 4.38. The molecule has 122 valence electrons. The van der Waals surface area contributed by atoms with Gasteiger partial charge in [0, 0.05) is 12.6 Å². The molecule has 0 fully saturated rings. The highest BCUT2D eigenvalue weighted by Gasteiger charge is 2.35. The Balaban J connectivity index is 1.60. The van der Waals surface area contributed by atoms with Crippen molar-refractivity contribution in [3.05, 3.63) is 30.0 Å². The van der Waals surface area contributed by atoms with Crippen LogP contribution in [0.5, 0.6) is 0 Å². The molecule has 0 spiro atoms. The van der Waals surface area contributed by atoms with E-state index < -0.39 is 11.6 Å². The Bertz CT molecular complexity index is 679. The van der Waals surface area contributed by atoms with E-state index in [-0.39, 0.29) is 18.4 Å². The Morgan fingerprint density at radius 2 is 2.35 bits per heavy atom. The predicted molar refractivity (Wildman–Crippen MR) is 85.2 cm³/mol. The van der Waals surface area contributed by atoms with E-state index in [2.05, 4.69) is 15.6 Å². The predicted octanol–water partition coefficient (Wildman–Crippen LogP) is 0.750. The molecule has 4 N–H and O–H groups in total. The molecule has 0 saturated carbocycles. The Hall–Kier alpha value is -1.90. The highest BCUT2D eigenvalue weighted by molar-refractivity contribution is 8.00. The van der Waals surface area contributed by atoms with Gasteiger partial charge in [0.05, 0.1) is 16.3 Å². The maximum absolute atomic E-state index is 11.4. The van der Waals surface area contributed by atoms with Crippen molar-refractivity contribution in [2.75, 3.05) is 11.1 Å². The van der Waals surface area contributed by atoms with E-state index in [4.69, 9.17) is 5.11 Å². The van der Waals surface area contributed by atoms with Crippen LogP contribution >= 0.6 is 11.8 Å². The third-order valence-electron chi connectivity index (χ3n) is 3.89. The minimum absolute atomic E-state index is 0.0172. The van der Waals surface area contributed by atoms with Crippen LogP contribution in [0.15, 0.2) is 29.2 Å². The van der Waals surface area contributed by atoms with Gasteiger partial charge < -0.3 is 20.8 Å². The number of aliphatic hydroxyl groups is 1. The monoisotopic (exact) mass is 335 g/mol. The van der Waals surface area contributed by atoms with E-state index in [0.29, 0.717) is 24.5 Å². The Morgan fingerprint density at radius 3 is 3.04 bits per heavy atom. The number of amides is 1. The number of anilines is 1. The van der Waals surface area contributed by atoms with Gasteiger partial charge in [-0.05, 0) is 31.1 Å². The number of carbonyl (C=O) groups excluding carboxylic acids is 1. The maximum Gasteiger partial charge on any atom is 0.339 e. The number of pyridine rings is 1. The number of hydrogen-bond donors (Lipinski definition) is 4. The summed E-state index contributed by atoms with van der Waals surface area (Å²) in [6.45, 7) is 0.494. The van der Waals surface area contributed by atoms with Crippen LogP contribution in [0.2, 0.25) is 0 Å². The molecule has 2 aliphatic rings. The molecule has 0 saturated heterocycles. The molecule has 3 rings (SSSR count). The molecule has 0 aromatic carbocycles. The van der Waals surface area contributed by atoms with Crippen LogP contribution in [-0.4, -0.2) is 44.5 Å². The molecule has 0 unspecified atom stereocenters. The summed E-state index contributed by atoms with van der Waals surface area (Å²) in [4.78, 5) is 27.7. The second-order valence-electron chi connectivity index (χ2n) is 5.60. The number of aromatic nitrogens is 1. The zero-order valence-corrected chi connectivity index (χ0v) is 13.1. The highest BCUT2D eigenvalue weighted by Crippen LogP contribution is 2.29. The van der Waals surface area contributed by atoms with E-state index in [0.717, 1.165) is 10.6 Å². The molecule has 1 aliphatic heterocycles. The second-order valence-corrected chi connectivity index (χ2v) is 6.62. The van der Waals surface area contributed by atoms with Crippen LogP contribution in [0.3, 0.4) is 0 Å². The first kappa shape index (κ1) is 16.0. The lowest BCUT2D eigenvalue weighted by molar-refractivity contribution is -0.154. The van der Waals surface area contributed by atoms with Crippen LogP contribution in [0.4, 0.5) is 5.82 Å². The van der Waals surface area contributed by atoms with Crippen LogP contribution in [0.1, 0.15) is 18.5 Å². The average molecular weight is 335 g/mol. The van der Waals surface area contributed by atoms with Crippen LogP contribution in [0.25, 0.3) is 0 Å². The Labute approximate surface area is 137 Å². The van der Waals surface area contributed by atoms with E-state index >= 15 is 0 Å². The minimum atomic E-state index is -1.76. The first-order chi connectivity index (χ1) is 11.0. The zero-order chi connectivity index (χ0) is 16.4. The molecule has 1 aromatic rings. The number of nitrogens with zero attached hydrogens (tertiary/aromatic N) is 1. The van der Waals surface area contributed by atoms with Crippen molar-refractivity contribution in [3.63, 3.8) is 0 Å². The van der Waals surface area contributed by atoms with E-state index in [1.54, 1.807) is 6.08 Å². The van der Waals surface area contributed by atoms with Gasteiger partial charge in [0.1, 0.15) is 5.82 Å². The highest BCUT2D eigenvalue weighted by atomic mass is 32.2. The number of carbonyl (C=O) groups is 2. The fourth-order valence-corrected chi connectivity index (χ4v) is 3.27. The lowest BCUT2D eigenvalue weighted by Crippen LogP contribution is -2.42. The molecule has 2 heterocycles. The molecule has 1 amide bonds. The number of nitrogens with one attached hydrogen (secondary N) is 2. The van der Waals surface area contributed by atoms with Gasteiger partial charge in [-0.2, -0.15) is 0 Å². The molecule has 0 bridgehead atoms. The topological polar surface area (TPSA) is 112 Å². The van der Waals surface area contributed by atoms with Gasteiger partial charge in [-0.15, -0.1) is 11.8 Å². The summed E-state index contributed by atoms with van der Waals surface area (Å²) in [6, 6.07) is 3.82. The number of thioether (sulfide) groups is 1. The minimum Gasteiger partial charge on any atom is -0.479 e. The zero-order valence-electron chi connectivity index (χ0n) is 12.3. The lowest BCUT2D eigenvalue weighted by Gasteiger charge is -2.27. The van der Waals surface area contributed by atoms with Crippen molar-refractivity contribution in [1.29, 1.82) is 0 Å². The summed E-state index contributed by atoms with van der Waals surface area (Å²) in [5, 5.41) is 24.8. The molecule has 1 aromatic heterocycles. The fraction of sp³-hybridized carbons (Fsp3) is 0.400. The normalized spacial score (nSPS) is 26.5. The number of carboxylic acids is 1. The van der Waals surface area contributed by atoms with Crippen molar-refractivity contribution in [2.24, 2.45) is 0 Å². The third kappa shape index (κ3) is 3.54. The fourth-order valence-electron chi connectivity index (χ4n) is 2.52. The molecule has 23 heavy (non-hydrogen) atoms. The summed E-state index contributed by atoms with van der Waals surface area (Å²) >= 11 is 1.46. The molecule has 8 heteroatoms. The van der Waals surface area contributed by atoms with Gasteiger partial charge in [0.15, 0.2) is 5.60 Å². The molecule has 2 atom stereocenters. The van der Waals surface area contributed by atoms with Gasteiger partial charge >= 0.3 is 5.97 Å². The van der Waals surface area contributed by atoms with Gasteiger partial charge in [0.25, 0.3) is 0 Å². The summed E-state index contributed by atoms with van der Waals surface area (Å²) in [7, 11) is 0. The van der Waals surface area contributed by atoms with Crippen molar-refractivity contribution >= 4 is 29.5 Å². The van der Waals surface area contributed by atoms with Crippen molar-refractivity contribution < 1.29 is 19.8 Å². The molecular formula is C15H17N3O4S. The first-order valence-electron chi connectivity index (χ1n) is 7.27. The number of rotatable bonds is 4. The molecule has 1 aliphatic carbocycles. The standard InChI is InChI=1S/C15H17N3O4S/c19-12-8-23-11-2-1-10(17-13(11)18-12)7-16-9-3-5-15(22,6-4-9)14(20)21/h1-3,5,9,16,22H,4,6-8H2,(H,20,21)(H,17,18,19)/t9-,15+/m1/s1. The smallest absolute Gasteiger partial charge is 0.339 e. The van der Waals surface area contributed by atoms with Gasteiger partial charge in [-0.3, -0.25) is 4.79 Å². The number of fused-ring (bicyclic) bond motifs is 1. The van der Waals surface area contributed by atoms with Crippen molar-refractivity contribution in [3.8, 4) is 0 Å². The number of carboxylic acid groups (broad SMARTS) is 1.